The highest BCUT2D eigenvalue weighted by Gasteiger charge is 2.21. The van der Waals surface area contributed by atoms with E-state index in [1.54, 1.807) is 11.6 Å². The standard InChI is InChI=1S/C24H22N6O2S.BrH/c1-29-17-22(30(31)32)33-24(29)28-27-21-14-8-13-20(25-15-18-9-4-2-5-10-18)23(21)26-16-19-11-6-3-7-12-19;/h2-14,17H,15-16H2,1H3,(H,25,27);1H. The molecule has 1 heterocycles. The summed E-state index contributed by atoms with van der Waals surface area (Å²) < 4.78 is 1.60. The number of nitrogens with one attached hydrogen (secondary N) is 2. The number of nitro groups is 1. The van der Waals surface area contributed by atoms with E-state index in [9.17, 15) is 10.1 Å². The molecular weight excluding hydrogens is 516 g/mol. The third-order valence-electron chi connectivity index (χ3n) is 4.91. The Bertz CT molecular complexity index is 1270. The number of nitrogens with zero attached hydrogens (tertiary/aromatic N) is 4. The molecule has 0 bridgehead atoms. The highest BCUT2D eigenvalue weighted by Crippen LogP contribution is 2.35. The molecule has 0 spiro atoms. The first-order chi connectivity index (χ1) is 16.1. The van der Waals surface area contributed by atoms with Gasteiger partial charge in [-0.05, 0) is 28.4 Å². The number of aromatic nitrogens is 1. The first kappa shape index (κ1) is 25.0. The van der Waals surface area contributed by atoms with E-state index in [0.29, 0.717) is 23.9 Å². The second-order valence-corrected chi connectivity index (χ2v) is 8.29. The molecule has 0 aliphatic carbocycles. The van der Waals surface area contributed by atoms with Gasteiger partial charge in [0.2, 0.25) is 0 Å². The molecular formula is C24H23BrN6O2S. The molecule has 0 fully saturated rings. The van der Waals surface area contributed by atoms with Gasteiger partial charge in [0.15, 0.2) is 6.20 Å². The minimum absolute atomic E-state index is 0. The lowest BCUT2D eigenvalue weighted by molar-refractivity contribution is -0.656. The van der Waals surface area contributed by atoms with Crippen molar-refractivity contribution in [1.82, 2.24) is 0 Å². The number of anilines is 2. The van der Waals surface area contributed by atoms with E-state index in [0.717, 1.165) is 33.8 Å². The molecule has 34 heavy (non-hydrogen) atoms. The molecule has 3 aromatic carbocycles. The number of aryl methyl sites for hydroxylation is 1. The second-order valence-electron chi connectivity index (χ2n) is 7.30. The Morgan fingerprint density at radius 1 is 0.882 bits per heavy atom. The lowest BCUT2D eigenvalue weighted by Gasteiger charge is -2.15. The van der Waals surface area contributed by atoms with Crippen LogP contribution in [0.1, 0.15) is 11.1 Å². The van der Waals surface area contributed by atoms with Gasteiger partial charge in [-0.15, -0.1) is 0 Å². The predicted octanol–water partition coefficient (Wildman–Crippen LogP) is 3.12. The Labute approximate surface area is 211 Å². The quantitative estimate of drug-likeness (QED) is 0.148. The fourth-order valence-electron chi connectivity index (χ4n) is 3.22. The van der Waals surface area contributed by atoms with E-state index in [4.69, 9.17) is 0 Å². The molecule has 8 nitrogen and oxygen atoms in total. The molecule has 0 aliphatic rings. The van der Waals surface area contributed by atoms with Gasteiger partial charge in [-0.25, -0.2) is 4.57 Å². The van der Waals surface area contributed by atoms with Crippen LogP contribution < -0.4 is 32.2 Å². The van der Waals surface area contributed by atoms with Gasteiger partial charge >= 0.3 is 10.1 Å². The Morgan fingerprint density at radius 2 is 1.50 bits per heavy atom. The monoisotopic (exact) mass is 538 g/mol. The molecule has 0 saturated heterocycles. The average Bonchev–Trinajstić information content (AvgIpc) is 3.22. The van der Waals surface area contributed by atoms with Crippen molar-refractivity contribution in [3.8, 4) is 0 Å². The van der Waals surface area contributed by atoms with Crippen molar-refractivity contribution >= 4 is 38.5 Å². The summed E-state index contributed by atoms with van der Waals surface area (Å²) in [5, 5.41) is 27.2. The first-order valence-electron chi connectivity index (χ1n) is 10.3. The SMILES string of the molecule is C[n+]1cc([N+](=O)[O-])sc1N=Nc1cccc(NCc2ccccc2)c1NCc1ccccc1.[Br-]. The van der Waals surface area contributed by atoms with Crippen LogP contribution in [0.25, 0.3) is 0 Å². The third-order valence-corrected chi connectivity index (χ3v) is 5.92. The lowest BCUT2D eigenvalue weighted by Crippen LogP contribution is -3.00. The molecule has 0 aliphatic heterocycles. The van der Waals surface area contributed by atoms with Crippen molar-refractivity contribution in [2.45, 2.75) is 13.1 Å². The minimum Gasteiger partial charge on any atom is -1.00 e. The van der Waals surface area contributed by atoms with Crippen molar-refractivity contribution < 1.29 is 26.5 Å². The molecule has 1 aromatic heterocycles. The molecule has 0 unspecified atom stereocenters. The fourth-order valence-corrected chi connectivity index (χ4v) is 3.97. The van der Waals surface area contributed by atoms with E-state index in [1.165, 1.54) is 6.20 Å². The molecule has 174 valence electrons. The van der Waals surface area contributed by atoms with Crippen LogP contribution in [-0.2, 0) is 20.1 Å². The van der Waals surface area contributed by atoms with E-state index < -0.39 is 4.92 Å². The van der Waals surface area contributed by atoms with Crippen molar-refractivity contribution in [3.05, 3.63) is 106 Å². The minimum atomic E-state index is -0.426. The summed E-state index contributed by atoms with van der Waals surface area (Å²) in [6.07, 6.45) is 1.44. The molecule has 4 rings (SSSR count). The number of hydrogen-bond acceptors (Lipinski definition) is 7. The summed E-state index contributed by atoms with van der Waals surface area (Å²) in [6, 6.07) is 26.0. The number of para-hydroxylation sites is 1. The van der Waals surface area contributed by atoms with Crippen molar-refractivity contribution in [2.24, 2.45) is 17.3 Å². The summed E-state index contributed by atoms with van der Waals surface area (Å²) in [5.41, 5.74) is 4.65. The summed E-state index contributed by atoms with van der Waals surface area (Å²) >= 11 is 0.982. The van der Waals surface area contributed by atoms with Crippen molar-refractivity contribution in [3.63, 3.8) is 0 Å². The number of rotatable bonds is 9. The highest BCUT2D eigenvalue weighted by molar-refractivity contribution is 7.17. The van der Waals surface area contributed by atoms with Gasteiger partial charge in [0.05, 0.1) is 28.5 Å². The van der Waals surface area contributed by atoms with Gasteiger partial charge in [-0.2, -0.15) is 0 Å². The van der Waals surface area contributed by atoms with E-state index in [1.807, 2.05) is 54.6 Å². The molecule has 0 amide bonds. The van der Waals surface area contributed by atoms with Gasteiger partial charge in [0, 0.05) is 24.4 Å². The number of halogens is 1. The smallest absolute Gasteiger partial charge is 0.414 e. The zero-order valence-corrected chi connectivity index (χ0v) is 20.8. The molecule has 2 N–H and O–H groups in total. The summed E-state index contributed by atoms with van der Waals surface area (Å²) in [6.45, 7) is 1.28. The normalized spacial score (nSPS) is 10.6. The van der Waals surface area contributed by atoms with Gasteiger partial charge in [0.25, 0.3) is 0 Å². The fraction of sp³-hybridized carbons (Fsp3) is 0.125. The topological polar surface area (TPSA) is 95.8 Å². The van der Waals surface area contributed by atoms with Gasteiger partial charge < -0.3 is 27.6 Å². The zero-order chi connectivity index (χ0) is 23.0. The largest absolute Gasteiger partial charge is 1.00 e. The van der Waals surface area contributed by atoms with E-state index >= 15 is 0 Å². The average molecular weight is 539 g/mol. The van der Waals surface area contributed by atoms with Gasteiger partial charge in [-0.1, -0.05) is 66.7 Å². The maximum atomic E-state index is 11.1. The number of hydrogen-bond donors (Lipinski definition) is 2. The van der Waals surface area contributed by atoms with E-state index in [-0.39, 0.29) is 22.0 Å². The zero-order valence-electron chi connectivity index (χ0n) is 18.4. The number of benzene rings is 3. The summed E-state index contributed by atoms with van der Waals surface area (Å²) in [7, 11) is 1.71. The van der Waals surface area contributed by atoms with Gasteiger partial charge in [-0.3, -0.25) is 10.1 Å². The van der Waals surface area contributed by atoms with Crippen molar-refractivity contribution in [1.29, 1.82) is 0 Å². The number of azo groups is 1. The van der Waals surface area contributed by atoms with Crippen LogP contribution >= 0.6 is 11.3 Å². The Morgan fingerprint density at radius 3 is 2.09 bits per heavy atom. The summed E-state index contributed by atoms with van der Waals surface area (Å²) in [4.78, 5) is 10.6. The van der Waals surface area contributed by atoms with Crippen LogP contribution in [0.4, 0.5) is 27.2 Å². The molecule has 0 radical (unpaired) electrons. The maximum Gasteiger partial charge on any atom is 0.414 e. The van der Waals surface area contributed by atoms with E-state index in [2.05, 4.69) is 45.1 Å². The lowest BCUT2D eigenvalue weighted by atomic mass is 10.1. The highest BCUT2D eigenvalue weighted by atomic mass is 79.9. The Kier molecular flexibility index (Phi) is 8.83. The van der Waals surface area contributed by atoms with Crippen LogP contribution in [-0.4, -0.2) is 4.92 Å². The maximum absolute atomic E-state index is 11.1. The van der Waals surface area contributed by atoms with Gasteiger partial charge in [0.1, 0.15) is 5.69 Å². The van der Waals surface area contributed by atoms with Crippen LogP contribution in [0.15, 0.2) is 95.3 Å². The van der Waals surface area contributed by atoms with Crippen LogP contribution in [0.2, 0.25) is 0 Å². The molecule has 0 atom stereocenters. The Balaban J connectivity index is 0.00000324. The van der Waals surface area contributed by atoms with Crippen LogP contribution in [0.3, 0.4) is 0 Å². The van der Waals surface area contributed by atoms with Crippen molar-refractivity contribution in [2.75, 3.05) is 10.6 Å². The second kappa shape index (κ2) is 12.0. The van der Waals surface area contributed by atoms with Crippen LogP contribution in [0, 0.1) is 10.1 Å². The van der Waals surface area contributed by atoms with Crippen LogP contribution in [0.5, 0.6) is 0 Å². The molecule has 10 heteroatoms. The predicted molar refractivity (Wildman–Crippen MR) is 130 cm³/mol. The Hall–Kier alpha value is -3.63. The number of thiazole rings is 1. The third kappa shape index (κ3) is 6.46. The molecule has 4 aromatic rings. The summed E-state index contributed by atoms with van der Waals surface area (Å²) in [5.74, 6) is 0. The first-order valence-corrected chi connectivity index (χ1v) is 11.2. The molecule has 0 saturated carbocycles.